The first-order valence-corrected chi connectivity index (χ1v) is 6.59. The molecular formula is C12H14FNO3S. The number of carbonyl (C=O) groups is 2. The zero-order valence-corrected chi connectivity index (χ0v) is 10.5. The molecule has 0 aliphatic rings. The Morgan fingerprint density at radius 1 is 1.22 bits per heavy atom. The number of amides is 1. The molecule has 4 nitrogen and oxygen atoms in total. The third-order valence-corrected chi connectivity index (χ3v) is 3.07. The van der Waals surface area contributed by atoms with Crippen molar-refractivity contribution in [1.82, 2.24) is 0 Å². The number of hydrogen-bond donors (Lipinski definition) is 2. The third-order valence-electron chi connectivity index (χ3n) is 2.08. The van der Waals surface area contributed by atoms with Gasteiger partial charge in [0.05, 0.1) is 12.1 Å². The number of thioether (sulfide) groups is 1. The van der Waals surface area contributed by atoms with Crippen molar-refractivity contribution >= 4 is 29.3 Å². The predicted molar refractivity (Wildman–Crippen MR) is 69.2 cm³/mol. The number of carboxylic acid groups (broad SMARTS) is 1. The second kappa shape index (κ2) is 7.71. The smallest absolute Gasteiger partial charge is 0.304 e. The number of hydrogen-bond acceptors (Lipinski definition) is 3. The highest BCUT2D eigenvalue weighted by Crippen LogP contribution is 2.13. The zero-order valence-electron chi connectivity index (χ0n) is 9.69. The summed E-state index contributed by atoms with van der Waals surface area (Å²) in [6, 6.07) is 5.95. The van der Waals surface area contributed by atoms with Crippen LogP contribution in [0.3, 0.4) is 0 Å². The molecule has 18 heavy (non-hydrogen) atoms. The number of anilines is 1. The van der Waals surface area contributed by atoms with Crippen molar-refractivity contribution in [2.45, 2.75) is 12.8 Å². The number of carbonyl (C=O) groups excluding carboxylic acids is 1. The van der Waals surface area contributed by atoms with Gasteiger partial charge in [-0.3, -0.25) is 9.59 Å². The van der Waals surface area contributed by atoms with Gasteiger partial charge in [0.2, 0.25) is 5.91 Å². The normalized spacial score (nSPS) is 10.1. The summed E-state index contributed by atoms with van der Waals surface area (Å²) in [7, 11) is 0. The molecule has 0 aliphatic heterocycles. The van der Waals surface area contributed by atoms with E-state index < -0.39 is 11.8 Å². The molecule has 1 rings (SSSR count). The van der Waals surface area contributed by atoms with Gasteiger partial charge >= 0.3 is 5.97 Å². The molecule has 0 spiro atoms. The number of aliphatic carboxylic acids is 1. The van der Waals surface area contributed by atoms with E-state index in [0.29, 0.717) is 11.5 Å². The summed E-state index contributed by atoms with van der Waals surface area (Å²) >= 11 is 1.39. The average Bonchev–Trinajstić information content (AvgIpc) is 2.31. The van der Waals surface area contributed by atoms with Crippen molar-refractivity contribution < 1.29 is 19.1 Å². The van der Waals surface area contributed by atoms with E-state index in [1.807, 2.05) is 0 Å². The van der Waals surface area contributed by atoms with Gasteiger partial charge in [-0.15, -0.1) is 0 Å². The van der Waals surface area contributed by atoms with Gasteiger partial charge in [0, 0.05) is 17.9 Å². The lowest BCUT2D eigenvalue weighted by molar-refractivity contribution is -0.136. The van der Waals surface area contributed by atoms with E-state index in [4.69, 9.17) is 5.11 Å². The van der Waals surface area contributed by atoms with Crippen LogP contribution in [0.1, 0.15) is 12.8 Å². The van der Waals surface area contributed by atoms with Gasteiger partial charge in [0.15, 0.2) is 0 Å². The van der Waals surface area contributed by atoms with Crippen molar-refractivity contribution in [2.24, 2.45) is 0 Å². The molecule has 0 atom stereocenters. The number of halogens is 1. The van der Waals surface area contributed by atoms with Crippen molar-refractivity contribution in [3.8, 4) is 0 Å². The summed E-state index contributed by atoms with van der Waals surface area (Å²) in [6.07, 6.45) is 0.318. The Bertz CT molecular complexity index is 426. The Hall–Kier alpha value is -1.56. The molecule has 98 valence electrons. The van der Waals surface area contributed by atoms with E-state index in [1.54, 1.807) is 12.1 Å². The highest BCUT2D eigenvalue weighted by Gasteiger charge is 2.06. The van der Waals surface area contributed by atoms with Gasteiger partial charge in [-0.1, -0.05) is 12.1 Å². The summed E-state index contributed by atoms with van der Waals surface area (Å²) in [5.74, 6) is -0.596. The van der Waals surface area contributed by atoms with Crippen LogP contribution in [0.2, 0.25) is 0 Å². The highest BCUT2D eigenvalue weighted by atomic mass is 32.2. The molecule has 2 N–H and O–H groups in total. The Morgan fingerprint density at radius 3 is 2.56 bits per heavy atom. The maximum Gasteiger partial charge on any atom is 0.304 e. The van der Waals surface area contributed by atoms with Crippen molar-refractivity contribution in [3.05, 3.63) is 30.1 Å². The molecule has 0 unspecified atom stereocenters. The van der Waals surface area contributed by atoms with Crippen molar-refractivity contribution in [1.29, 1.82) is 0 Å². The second-order valence-corrected chi connectivity index (χ2v) is 4.76. The fourth-order valence-electron chi connectivity index (χ4n) is 1.20. The first-order chi connectivity index (χ1) is 8.59. The minimum atomic E-state index is -0.849. The second-order valence-electron chi connectivity index (χ2n) is 3.53. The Morgan fingerprint density at radius 2 is 1.89 bits per heavy atom. The van der Waals surface area contributed by atoms with Crippen LogP contribution in [-0.2, 0) is 9.59 Å². The molecule has 1 aromatic rings. The molecule has 0 saturated carbocycles. The molecule has 0 radical (unpaired) electrons. The van der Waals surface area contributed by atoms with E-state index in [1.165, 1.54) is 23.9 Å². The summed E-state index contributed by atoms with van der Waals surface area (Å²) in [6.45, 7) is 0. The summed E-state index contributed by atoms with van der Waals surface area (Å²) in [5, 5.41) is 10.9. The van der Waals surface area contributed by atoms with E-state index >= 15 is 0 Å². The molecule has 0 heterocycles. The van der Waals surface area contributed by atoms with Crippen LogP contribution in [0.5, 0.6) is 0 Å². The van der Waals surface area contributed by atoms with Crippen molar-refractivity contribution in [2.75, 3.05) is 16.8 Å². The lowest BCUT2D eigenvalue weighted by atomic mass is 10.3. The van der Waals surface area contributed by atoms with Crippen LogP contribution >= 0.6 is 11.8 Å². The number of para-hydroxylation sites is 1. The fraction of sp³-hybridized carbons (Fsp3) is 0.333. The van der Waals surface area contributed by atoms with Gasteiger partial charge in [0.1, 0.15) is 5.82 Å². The summed E-state index contributed by atoms with van der Waals surface area (Å²) < 4.78 is 13.2. The maximum absolute atomic E-state index is 13.2. The minimum Gasteiger partial charge on any atom is -0.481 e. The molecule has 0 saturated heterocycles. The first-order valence-electron chi connectivity index (χ1n) is 5.43. The number of nitrogens with one attached hydrogen (secondary N) is 1. The highest BCUT2D eigenvalue weighted by molar-refractivity contribution is 7.99. The largest absolute Gasteiger partial charge is 0.481 e. The van der Waals surface area contributed by atoms with E-state index in [9.17, 15) is 14.0 Å². The Balaban J connectivity index is 2.22. The molecule has 0 bridgehead atoms. The van der Waals surface area contributed by atoms with Gasteiger partial charge < -0.3 is 10.4 Å². The van der Waals surface area contributed by atoms with Crippen LogP contribution in [0.25, 0.3) is 0 Å². The molecular weight excluding hydrogens is 257 g/mol. The monoisotopic (exact) mass is 271 g/mol. The molecule has 1 amide bonds. The fourth-order valence-corrected chi connectivity index (χ4v) is 2.05. The lowest BCUT2D eigenvalue weighted by Gasteiger charge is -2.05. The maximum atomic E-state index is 13.2. The minimum absolute atomic E-state index is 0.0829. The van der Waals surface area contributed by atoms with Crippen LogP contribution in [-0.4, -0.2) is 28.5 Å². The quantitative estimate of drug-likeness (QED) is 0.747. The number of carboxylic acids is 1. The predicted octanol–water partition coefficient (Wildman–Crippen LogP) is 2.36. The van der Waals surface area contributed by atoms with E-state index in [0.717, 1.165) is 0 Å². The van der Waals surface area contributed by atoms with Gasteiger partial charge in [0.25, 0.3) is 0 Å². The molecule has 0 aromatic heterocycles. The van der Waals surface area contributed by atoms with E-state index in [-0.39, 0.29) is 24.4 Å². The number of rotatable bonds is 7. The van der Waals surface area contributed by atoms with Crippen LogP contribution < -0.4 is 5.32 Å². The SMILES string of the molecule is O=C(O)CCSCCC(=O)Nc1ccccc1F. The van der Waals surface area contributed by atoms with Gasteiger partial charge in [-0.05, 0) is 12.1 Å². The zero-order chi connectivity index (χ0) is 13.4. The molecule has 0 fully saturated rings. The standard InChI is InChI=1S/C12H14FNO3S/c13-9-3-1-2-4-10(9)14-11(15)5-7-18-8-6-12(16)17/h1-4H,5-8H2,(H,14,15)(H,16,17). The van der Waals surface area contributed by atoms with Crippen LogP contribution in [0.15, 0.2) is 24.3 Å². The van der Waals surface area contributed by atoms with Crippen molar-refractivity contribution in [3.63, 3.8) is 0 Å². The molecule has 6 heteroatoms. The van der Waals surface area contributed by atoms with Crippen LogP contribution in [0.4, 0.5) is 10.1 Å². The van der Waals surface area contributed by atoms with Crippen LogP contribution in [0, 0.1) is 5.82 Å². The summed E-state index contributed by atoms with van der Waals surface area (Å²) in [4.78, 5) is 21.7. The van der Waals surface area contributed by atoms with Gasteiger partial charge in [-0.2, -0.15) is 11.8 Å². The van der Waals surface area contributed by atoms with E-state index in [2.05, 4.69) is 5.32 Å². The first kappa shape index (κ1) is 14.5. The molecule has 1 aromatic carbocycles. The third kappa shape index (κ3) is 5.67. The lowest BCUT2D eigenvalue weighted by Crippen LogP contribution is -2.13. The molecule has 0 aliphatic carbocycles. The Labute approximate surface area is 109 Å². The topological polar surface area (TPSA) is 66.4 Å². The summed E-state index contributed by atoms with van der Waals surface area (Å²) in [5.41, 5.74) is 0.165. The Kier molecular flexibility index (Phi) is 6.21. The van der Waals surface area contributed by atoms with Gasteiger partial charge in [-0.25, -0.2) is 4.39 Å². The number of benzene rings is 1. The average molecular weight is 271 g/mol.